The number of rotatable bonds is 2. The molecule has 2 heterocycles. The lowest BCUT2D eigenvalue weighted by Gasteiger charge is -2.10. The Kier molecular flexibility index (Phi) is 3.06. The van der Waals surface area contributed by atoms with E-state index in [1.807, 2.05) is 13.8 Å². The highest BCUT2D eigenvalue weighted by Crippen LogP contribution is 2.31. The molecule has 0 aliphatic heterocycles. The first-order chi connectivity index (χ1) is 9.59. The SMILES string of the molecule is Cc1n[nH]c(C)c1-n1ccnc1-c1c(F)cccc1Cl. The van der Waals surface area contributed by atoms with Crippen LogP contribution in [0.15, 0.2) is 30.6 Å². The van der Waals surface area contributed by atoms with Gasteiger partial charge in [0.05, 0.1) is 27.7 Å². The number of aromatic nitrogens is 4. The van der Waals surface area contributed by atoms with Gasteiger partial charge in [0.25, 0.3) is 0 Å². The highest BCUT2D eigenvalue weighted by atomic mass is 35.5. The number of hydrogen-bond acceptors (Lipinski definition) is 2. The topological polar surface area (TPSA) is 46.5 Å². The molecule has 3 rings (SSSR count). The number of halogens is 2. The van der Waals surface area contributed by atoms with Crippen LogP contribution in [0.1, 0.15) is 11.4 Å². The lowest BCUT2D eigenvalue weighted by Crippen LogP contribution is -2.00. The average Bonchev–Trinajstić information content (AvgIpc) is 2.97. The van der Waals surface area contributed by atoms with E-state index >= 15 is 0 Å². The van der Waals surface area contributed by atoms with Crippen LogP contribution < -0.4 is 0 Å². The Morgan fingerprint density at radius 1 is 1.30 bits per heavy atom. The van der Waals surface area contributed by atoms with E-state index in [-0.39, 0.29) is 0 Å². The molecule has 3 aromatic rings. The third-order valence-electron chi connectivity index (χ3n) is 3.16. The van der Waals surface area contributed by atoms with E-state index in [1.54, 1.807) is 29.1 Å². The summed E-state index contributed by atoms with van der Waals surface area (Å²) in [6.45, 7) is 3.79. The van der Waals surface area contributed by atoms with Gasteiger partial charge in [-0.2, -0.15) is 5.10 Å². The van der Waals surface area contributed by atoms with Gasteiger partial charge in [0.1, 0.15) is 11.6 Å². The summed E-state index contributed by atoms with van der Waals surface area (Å²) in [6, 6.07) is 4.59. The number of H-pyrrole nitrogens is 1. The Labute approximate surface area is 120 Å². The zero-order chi connectivity index (χ0) is 14.3. The minimum absolute atomic E-state index is 0.291. The van der Waals surface area contributed by atoms with Crippen LogP contribution in [0.3, 0.4) is 0 Å². The zero-order valence-corrected chi connectivity index (χ0v) is 11.7. The van der Waals surface area contributed by atoms with Crippen LogP contribution in [-0.2, 0) is 0 Å². The van der Waals surface area contributed by atoms with Gasteiger partial charge in [-0.1, -0.05) is 17.7 Å². The van der Waals surface area contributed by atoms with Crippen molar-refractivity contribution in [3.05, 3.63) is 52.8 Å². The van der Waals surface area contributed by atoms with Crippen LogP contribution in [0.2, 0.25) is 5.02 Å². The minimum atomic E-state index is -0.399. The molecule has 1 aromatic carbocycles. The van der Waals surface area contributed by atoms with Crippen molar-refractivity contribution in [1.29, 1.82) is 0 Å². The van der Waals surface area contributed by atoms with Crippen LogP contribution in [0.5, 0.6) is 0 Å². The molecule has 2 aromatic heterocycles. The van der Waals surface area contributed by atoms with Gasteiger partial charge >= 0.3 is 0 Å². The van der Waals surface area contributed by atoms with Crippen LogP contribution in [0, 0.1) is 19.7 Å². The fourth-order valence-corrected chi connectivity index (χ4v) is 2.53. The van der Waals surface area contributed by atoms with E-state index in [4.69, 9.17) is 11.6 Å². The number of hydrogen-bond donors (Lipinski definition) is 1. The fourth-order valence-electron chi connectivity index (χ4n) is 2.28. The molecular weight excluding hydrogens is 279 g/mol. The Balaban J connectivity index is 2.27. The summed E-state index contributed by atoms with van der Waals surface area (Å²) in [4.78, 5) is 4.24. The normalized spacial score (nSPS) is 11.0. The van der Waals surface area contributed by atoms with Gasteiger partial charge in [0, 0.05) is 12.4 Å². The van der Waals surface area contributed by atoms with Gasteiger partial charge in [0.2, 0.25) is 0 Å². The summed E-state index contributed by atoms with van der Waals surface area (Å²) in [5.74, 6) is 0.0597. The third kappa shape index (κ3) is 1.91. The largest absolute Gasteiger partial charge is 0.296 e. The molecule has 0 saturated heterocycles. The van der Waals surface area contributed by atoms with Gasteiger partial charge in [-0.05, 0) is 26.0 Å². The van der Waals surface area contributed by atoms with Crippen molar-refractivity contribution in [2.75, 3.05) is 0 Å². The summed E-state index contributed by atoms with van der Waals surface area (Å²) in [5.41, 5.74) is 2.85. The second-order valence-corrected chi connectivity index (χ2v) is 4.91. The molecule has 0 spiro atoms. The molecule has 0 amide bonds. The van der Waals surface area contributed by atoms with Gasteiger partial charge in [0.15, 0.2) is 0 Å². The molecule has 0 unspecified atom stereocenters. The first-order valence-electron chi connectivity index (χ1n) is 6.09. The predicted octanol–water partition coefficient (Wildman–Crippen LogP) is 3.67. The molecule has 0 bridgehead atoms. The molecule has 6 heteroatoms. The van der Waals surface area contributed by atoms with Crippen LogP contribution in [-0.4, -0.2) is 19.7 Å². The molecule has 20 heavy (non-hydrogen) atoms. The van der Waals surface area contributed by atoms with E-state index in [0.29, 0.717) is 16.4 Å². The van der Waals surface area contributed by atoms with E-state index in [2.05, 4.69) is 15.2 Å². The van der Waals surface area contributed by atoms with Crippen molar-refractivity contribution in [2.45, 2.75) is 13.8 Å². The van der Waals surface area contributed by atoms with E-state index in [9.17, 15) is 4.39 Å². The minimum Gasteiger partial charge on any atom is -0.296 e. The average molecular weight is 291 g/mol. The maximum absolute atomic E-state index is 14.1. The Morgan fingerprint density at radius 2 is 2.10 bits per heavy atom. The quantitative estimate of drug-likeness (QED) is 0.783. The van der Waals surface area contributed by atoms with Gasteiger partial charge in [-0.3, -0.25) is 9.67 Å². The second-order valence-electron chi connectivity index (χ2n) is 4.50. The van der Waals surface area contributed by atoms with Crippen molar-refractivity contribution in [3.8, 4) is 17.1 Å². The van der Waals surface area contributed by atoms with E-state index < -0.39 is 5.82 Å². The van der Waals surface area contributed by atoms with Crippen molar-refractivity contribution in [3.63, 3.8) is 0 Å². The Morgan fingerprint density at radius 3 is 2.75 bits per heavy atom. The van der Waals surface area contributed by atoms with Gasteiger partial charge in [-0.25, -0.2) is 9.37 Å². The van der Waals surface area contributed by atoms with Crippen LogP contribution in [0.25, 0.3) is 17.1 Å². The van der Waals surface area contributed by atoms with Crippen molar-refractivity contribution in [2.24, 2.45) is 0 Å². The first kappa shape index (κ1) is 12.9. The van der Waals surface area contributed by atoms with Gasteiger partial charge < -0.3 is 0 Å². The number of aromatic amines is 1. The maximum Gasteiger partial charge on any atom is 0.149 e. The molecule has 0 saturated carbocycles. The molecule has 0 aliphatic rings. The molecule has 0 atom stereocenters. The summed E-state index contributed by atoms with van der Waals surface area (Å²) < 4.78 is 15.9. The number of nitrogens with zero attached hydrogens (tertiary/aromatic N) is 3. The lowest BCUT2D eigenvalue weighted by molar-refractivity contribution is 0.629. The fraction of sp³-hybridized carbons (Fsp3) is 0.143. The smallest absolute Gasteiger partial charge is 0.149 e. The molecular formula is C14H12ClFN4. The Bertz CT molecular complexity index is 736. The Hall–Kier alpha value is -2.14. The predicted molar refractivity (Wildman–Crippen MR) is 75.6 cm³/mol. The summed E-state index contributed by atoms with van der Waals surface area (Å²) >= 11 is 6.12. The lowest BCUT2D eigenvalue weighted by atomic mass is 10.2. The first-order valence-corrected chi connectivity index (χ1v) is 6.47. The van der Waals surface area contributed by atoms with Crippen molar-refractivity contribution in [1.82, 2.24) is 19.7 Å². The van der Waals surface area contributed by atoms with E-state index in [1.165, 1.54) is 6.07 Å². The summed E-state index contributed by atoms with van der Waals surface area (Å²) in [5, 5.41) is 7.39. The summed E-state index contributed by atoms with van der Waals surface area (Å²) in [7, 11) is 0. The molecule has 0 fully saturated rings. The van der Waals surface area contributed by atoms with Crippen LogP contribution in [0.4, 0.5) is 4.39 Å². The number of nitrogens with one attached hydrogen (secondary N) is 1. The van der Waals surface area contributed by atoms with Crippen molar-refractivity contribution < 1.29 is 4.39 Å². The number of benzene rings is 1. The zero-order valence-electron chi connectivity index (χ0n) is 11.0. The monoisotopic (exact) mass is 290 g/mol. The number of aryl methyl sites for hydroxylation is 2. The number of imidazole rings is 1. The van der Waals surface area contributed by atoms with Crippen molar-refractivity contribution >= 4 is 11.6 Å². The molecule has 0 aliphatic carbocycles. The molecule has 102 valence electrons. The standard InChI is InChI=1S/C14H12ClFN4/c1-8-13(9(2)19-18-8)20-7-6-17-14(20)12-10(15)4-3-5-11(12)16/h3-7H,1-2H3,(H,18,19). The van der Waals surface area contributed by atoms with E-state index in [0.717, 1.165) is 17.1 Å². The highest BCUT2D eigenvalue weighted by molar-refractivity contribution is 6.33. The molecule has 1 N–H and O–H groups in total. The second kappa shape index (κ2) is 4.76. The molecule has 0 radical (unpaired) electrons. The highest BCUT2D eigenvalue weighted by Gasteiger charge is 2.18. The summed E-state index contributed by atoms with van der Waals surface area (Å²) in [6.07, 6.45) is 3.38. The third-order valence-corrected chi connectivity index (χ3v) is 3.47. The van der Waals surface area contributed by atoms with Gasteiger partial charge in [-0.15, -0.1) is 0 Å². The maximum atomic E-state index is 14.1. The molecule has 4 nitrogen and oxygen atoms in total. The van der Waals surface area contributed by atoms with Crippen LogP contribution >= 0.6 is 11.6 Å².